The molecule has 1 amide bonds. The van der Waals surface area contributed by atoms with Gasteiger partial charge in [0.15, 0.2) is 0 Å². The van der Waals surface area contributed by atoms with Crippen molar-refractivity contribution in [3.63, 3.8) is 0 Å². The summed E-state index contributed by atoms with van der Waals surface area (Å²) in [6.45, 7) is 0. The minimum atomic E-state index is -0.484. The Labute approximate surface area is 138 Å². The molecule has 1 aliphatic rings. The lowest BCUT2D eigenvalue weighted by Gasteiger charge is -2.19. The Morgan fingerprint density at radius 3 is 2.26 bits per heavy atom. The molecule has 0 bridgehead atoms. The molecule has 2 aromatic carbocycles. The van der Waals surface area contributed by atoms with Gasteiger partial charge in [0.05, 0.1) is 11.0 Å². The highest BCUT2D eigenvalue weighted by molar-refractivity contribution is 6.30. The Morgan fingerprint density at radius 1 is 1.13 bits per heavy atom. The van der Waals surface area contributed by atoms with Crippen molar-refractivity contribution in [2.45, 2.75) is 18.9 Å². The van der Waals surface area contributed by atoms with E-state index in [0.717, 1.165) is 18.4 Å². The van der Waals surface area contributed by atoms with Crippen LogP contribution in [0.2, 0.25) is 5.02 Å². The number of benzene rings is 2. The Morgan fingerprint density at radius 2 is 1.74 bits per heavy atom. The van der Waals surface area contributed by atoms with Gasteiger partial charge in [-0.1, -0.05) is 23.7 Å². The summed E-state index contributed by atoms with van der Waals surface area (Å²) in [6, 6.07) is 13.0. The fraction of sp³-hybridized carbons (Fsp3) is 0.235. The molecule has 0 aliphatic heterocycles. The van der Waals surface area contributed by atoms with Gasteiger partial charge in [0.25, 0.3) is 11.6 Å². The van der Waals surface area contributed by atoms with Crippen LogP contribution >= 0.6 is 11.6 Å². The van der Waals surface area contributed by atoms with Crippen molar-refractivity contribution in [3.05, 3.63) is 74.8 Å². The van der Waals surface area contributed by atoms with E-state index in [0.29, 0.717) is 16.5 Å². The molecule has 2 aromatic rings. The van der Waals surface area contributed by atoms with Gasteiger partial charge in [-0.25, -0.2) is 0 Å². The lowest BCUT2D eigenvalue weighted by molar-refractivity contribution is -0.384. The predicted octanol–water partition coefficient (Wildman–Crippen LogP) is 4.13. The molecule has 0 saturated heterocycles. The van der Waals surface area contributed by atoms with Gasteiger partial charge in [-0.05, 0) is 48.6 Å². The van der Waals surface area contributed by atoms with E-state index < -0.39 is 4.92 Å². The van der Waals surface area contributed by atoms with Crippen LogP contribution in [0.25, 0.3) is 0 Å². The van der Waals surface area contributed by atoms with Crippen LogP contribution in [0.1, 0.15) is 34.8 Å². The lowest BCUT2D eigenvalue weighted by atomic mass is 10.0. The number of rotatable bonds is 5. The molecule has 0 spiro atoms. The summed E-state index contributed by atoms with van der Waals surface area (Å²) in [5.74, 6) is 0.199. The zero-order valence-electron chi connectivity index (χ0n) is 12.2. The first-order chi connectivity index (χ1) is 11.0. The van der Waals surface area contributed by atoms with Crippen molar-refractivity contribution >= 4 is 23.2 Å². The Hall–Kier alpha value is -2.40. The van der Waals surface area contributed by atoms with E-state index in [1.807, 2.05) is 24.3 Å². The Kier molecular flexibility index (Phi) is 4.30. The van der Waals surface area contributed by atoms with E-state index in [1.165, 1.54) is 24.3 Å². The van der Waals surface area contributed by atoms with E-state index in [9.17, 15) is 14.9 Å². The standard InChI is InChI=1S/C17H15ClN2O3/c18-14-7-3-12(4-8-14)16(11-1-2-11)19-17(21)13-5-9-15(10-6-13)20(22)23/h3-11,16H,1-2H2,(H,19,21). The quantitative estimate of drug-likeness (QED) is 0.661. The van der Waals surface area contributed by atoms with Crippen LogP contribution in [0, 0.1) is 16.0 Å². The number of hydrogen-bond donors (Lipinski definition) is 1. The number of hydrogen-bond acceptors (Lipinski definition) is 3. The maximum absolute atomic E-state index is 12.4. The summed E-state index contributed by atoms with van der Waals surface area (Å²) in [4.78, 5) is 22.6. The smallest absolute Gasteiger partial charge is 0.269 e. The third-order valence-electron chi connectivity index (χ3n) is 3.95. The number of halogens is 1. The molecule has 1 fully saturated rings. The van der Waals surface area contributed by atoms with E-state index in [1.54, 1.807) is 0 Å². The lowest BCUT2D eigenvalue weighted by Crippen LogP contribution is -2.29. The molecule has 0 radical (unpaired) electrons. The second-order valence-corrected chi connectivity index (χ2v) is 6.08. The molecule has 1 N–H and O–H groups in total. The van der Waals surface area contributed by atoms with Crippen molar-refractivity contribution in [1.82, 2.24) is 5.32 Å². The minimum Gasteiger partial charge on any atom is -0.345 e. The van der Waals surface area contributed by atoms with Gasteiger partial charge >= 0.3 is 0 Å². The van der Waals surface area contributed by atoms with Crippen LogP contribution < -0.4 is 5.32 Å². The second-order valence-electron chi connectivity index (χ2n) is 5.64. The third-order valence-corrected chi connectivity index (χ3v) is 4.20. The summed E-state index contributed by atoms with van der Waals surface area (Å²) in [5.41, 5.74) is 1.40. The zero-order chi connectivity index (χ0) is 16.4. The molecule has 5 nitrogen and oxygen atoms in total. The second kappa shape index (κ2) is 6.38. The molecule has 1 saturated carbocycles. The van der Waals surface area contributed by atoms with Gasteiger partial charge in [0.1, 0.15) is 0 Å². The van der Waals surface area contributed by atoms with Gasteiger partial charge in [-0.2, -0.15) is 0 Å². The minimum absolute atomic E-state index is 0.0296. The largest absolute Gasteiger partial charge is 0.345 e. The molecule has 23 heavy (non-hydrogen) atoms. The maximum atomic E-state index is 12.4. The summed E-state index contributed by atoms with van der Waals surface area (Å²) in [5, 5.41) is 14.3. The highest BCUT2D eigenvalue weighted by Crippen LogP contribution is 2.41. The van der Waals surface area contributed by atoms with Crippen LogP contribution in [0.4, 0.5) is 5.69 Å². The van der Waals surface area contributed by atoms with Gasteiger partial charge in [0.2, 0.25) is 0 Å². The molecule has 0 aromatic heterocycles. The van der Waals surface area contributed by atoms with Crippen LogP contribution in [-0.4, -0.2) is 10.8 Å². The average molecular weight is 331 g/mol. The first-order valence-corrected chi connectivity index (χ1v) is 7.73. The van der Waals surface area contributed by atoms with Gasteiger partial charge in [-0.3, -0.25) is 14.9 Å². The van der Waals surface area contributed by atoms with Crippen molar-refractivity contribution in [1.29, 1.82) is 0 Å². The zero-order valence-corrected chi connectivity index (χ0v) is 13.0. The topological polar surface area (TPSA) is 72.2 Å². The molecular formula is C17H15ClN2O3. The number of nitrogens with one attached hydrogen (secondary N) is 1. The van der Waals surface area contributed by atoms with Gasteiger partial charge < -0.3 is 5.32 Å². The van der Waals surface area contributed by atoms with Crippen LogP contribution in [0.3, 0.4) is 0 Å². The van der Waals surface area contributed by atoms with Gasteiger partial charge in [0, 0.05) is 22.7 Å². The number of nitrogens with zero attached hydrogens (tertiary/aromatic N) is 1. The summed E-state index contributed by atoms with van der Waals surface area (Å²) < 4.78 is 0. The third kappa shape index (κ3) is 3.68. The summed E-state index contributed by atoms with van der Waals surface area (Å²) in [7, 11) is 0. The first kappa shape index (κ1) is 15.5. The van der Waals surface area contributed by atoms with Crippen molar-refractivity contribution in [2.75, 3.05) is 0 Å². The molecule has 118 valence electrons. The van der Waals surface area contributed by atoms with E-state index in [2.05, 4.69) is 5.32 Å². The number of nitro groups is 1. The van der Waals surface area contributed by atoms with E-state index in [-0.39, 0.29) is 17.6 Å². The number of nitro benzene ring substituents is 1. The molecule has 1 aliphatic carbocycles. The van der Waals surface area contributed by atoms with Crippen molar-refractivity contribution in [3.8, 4) is 0 Å². The fourth-order valence-corrected chi connectivity index (χ4v) is 2.66. The highest BCUT2D eigenvalue weighted by Gasteiger charge is 2.33. The Bertz CT molecular complexity index is 725. The number of non-ortho nitro benzene ring substituents is 1. The number of carbonyl (C=O) groups excluding carboxylic acids is 1. The maximum Gasteiger partial charge on any atom is 0.269 e. The molecule has 0 heterocycles. The van der Waals surface area contributed by atoms with E-state index in [4.69, 9.17) is 11.6 Å². The first-order valence-electron chi connectivity index (χ1n) is 7.35. The fourth-order valence-electron chi connectivity index (χ4n) is 2.53. The predicted molar refractivity (Wildman–Crippen MR) is 87.5 cm³/mol. The molecule has 1 atom stereocenters. The number of carbonyl (C=O) groups is 1. The molecule has 6 heteroatoms. The Balaban J connectivity index is 1.76. The SMILES string of the molecule is O=C(NC(c1ccc(Cl)cc1)C1CC1)c1ccc([N+](=O)[O-])cc1. The van der Waals surface area contributed by atoms with Gasteiger partial charge in [-0.15, -0.1) is 0 Å². The normalized spacial score (nSPS) is 15.0. The summed E-state index contributed by atoms with van der Waals surface area (Å²) >= 11 is 5.91. The molecular weight excluding hydrogens is 316 g/mol. The van der Waals surface area contributed by atoms with Crippen LogP contribution in [-0.2, 0) is 0 Å². The van der Waals surface area contributed by atoms with Crippen molar-refractivity contribution in [2.24, 2.45) is 5.92 Å². The molecule has 3 rings (SSSR count). The average Bonchev–Trinajstić information content (AvgIpc) is 3.38. The summed E-state index contributed by atoms with van der Waals surface area (Å²) in [6.07, 6.45) is 2.15. The monoisotopic (exact) mass is 330 g/mol. The molecule has 1 unspecified atom stereocenters. The van der Waals surface area contributed by atoms with Crippen molar-refractivity contribution < 1.29 is 9.72 Å². The van der Waals surface area contributed by atoms with E-state index >= 15 is 0 Å². The van der Waals surface area contributed by atoms with Crippen LogP contribution in [0.15, 0.2) is 48.5 Å². The van der Waals surface area contributed by atoms with Crippen LogP contribution in [0.5, 0.6) is 0 Å². The highest BCUT2D eigenvalue weighted by atomic mass is 35.5. The number of amides is 1.